The maximum Gasteiger partial charge on any atom is 0.412 e. The molecule has 1 amide bonds. The Morgan fingerprint density at radius 3 is 2.57 bits per heavy atom. The number of carbonyl (C=O) groups is 2. The molecule has 0 aliphatic heterocycles. The summed E-state index contributed by atoms with van der Waals surface area (Å²) in [6.07, 6.45) is -0.531. The van der Waals surface area contributed by atoms with Crippen LogP contribution in [0.4, 0.5) is 10.5 Å². The largest absolute Gasteiger partial charge is 0.480 e. The van der Waals surface area contributed by atoms with Crippen molar-refractivity contribution in [1.82, 2.24) is 0 Å². The predicted octanol–water partition coefficient (Wildman–Crippen LogP) is 2.64. The van der Waals surface area contributed by atoms with Gasteiger partial charge in [-0.05, 0) is 51.0 Å². The van der Waals surface area contributed by atoms with Crippen molar-refractivity contribution in [3.05, 3.63) is 28.8 Å². The van der Waals surface area contributed by atoms with Crippen molar-refractivity contribution in [3.8, 4) is 0 Å². The molecule has 0 bridgehead atoms. The van der Waals surface area contributed by atoms with E-state index in [1.807, 2.05) is 0 Å². The predicted molar refractivity (Wildman–Crippen MR) is 80.6 cm³/mol. The average molecular weight is 315 g/mol. The molecule has 1 aromatic rings. The third-order valence-corrected chi connectivity index (χ3v) is 2.82. The van der Waals surface area contributed by atoms with E-state index in [0.29, 0.717) is 16.3 Å². The summed E-state index contributed by atoms with van der Waals surface area (Å²) in [6, 6.07) is 3.69. The summed E-state index contributed by atoms with van der Waals surface area (Å²) in [5.74, 6) is -1.11. The van der Waals surface area contributed by atoms with Crippen LogP contribution >= 0.6 is 11.6 Å². The topological polar surface area (TPSA) is 102 Å². The van der Waals surface area contributed by atoms with Gasteiger partial charge in [-0.2, -0.15) is 0 Å². The number of hydrogen-bond acceptors (Lipinski definition) is 4. The van der Waals surface area contributed by atoms with E-state index in [1.165, 1.54) is 0 Å². The lowest BCUT2D eigenvalue weighted by Crippen LogP contribution is -2.32. The Morgan fingerprint density at radius 2 is 2.05 bits per heavy atom. The normalized spacial score (nSPS) is 12.6. The van der Waals surface area contributed by atoms with E-state index < -0.39 is 23.7 Å². The molecule has 0 radical (unpaired) electrons. The Balaban J connectivity index is 2.82. The zero-order valence-corrected chi connectivity index (χ0v) is 12.9. The first-order valence-electron chi connectivity index (χ1n) is 6.35. The van der Waals surface area contributed by atoms with Crippen LogP contribution in [0.3, 0.4) is 0 Å². The summed E-state index contributed by atoms with van der Waals surface area (Å²) in [5.41, 5.74) is 5.88. The molecule has 116 valence electrons. The summed E-state index contributed by atoms with van der Waals surface area (Å²) >= 11 is 6.00. The molecule has 1 rings (SSSR count). The Bertz CT molecular complexity index is 540. The summed E-state index contributed by atoms with van der Waals surface area (Å²) < 4.78 is 5.13. The highest BCUT2D eigenvalue weighted by molar-refractivity contribution is 6.31. The molecule has 1 atom stereocenters. The zero-order chi connectivity index (χ0) is 16.2. The van der Waals surface area contributed by atoms with E-state index in [4.69, 9.17) is 27.2 Å². The van der Waals surface area contributed by atoms with Gasteiger partial charge in [0.1, 0.15) is 11.6 Å². The number of hydrogen-bond donors (Lipinski definition) is 3. The van der Waals surface area contributed by atoms with E-state index in [-0.39, 0.29) is 6.42 Å². The number of amides is 1. The third-order valence-electron chi connectivity index (χ3n) is 2.45. The monoisotopic (exact) mass is 314 g/mol. The molecule has 7 heteroatoms. The second kappa shape index (κ2) is 6.78. The van der Waals surface area contributed by atoms with Crippen LogP contribution in [0.25, 0.3) is 0 Å². The Kier molecular flexibility index (Phi) is 5.57. The van der Waals surface area contributed by atoms with Crippen LogP contribution in [0.1, 0.15) is 26.3 Å². The number of carbonyl (C=O) groups excluding carboxylic acids is 1. The molecule has 0 aliphatic rings. The van der Waals surface area contributed by atoms with Gasteiger partial charge in [-0.25, -0.2) is 4.79 Å². The Morgan fingerprint density at radius 1 is 1.43 bits per heavy atom. The van der Waals surface area contributed by atoms with E-state index in [9.17, 15) is 9.59 Å². The standard InChI is InChI=1S/C14H19ClN2O4/c1-14(2,3)21-13(20)17-9-4-5-10(15)8(6-9)7-11(16)12(18)19/h4-6,11H,7,16H2,1-3H3,(H,17,20)(H,18,19). The number of benzene rings is 1. The van der Waals surface area contributed by atoms with Gasteiger partial charge in [0.2, 0.25) is 0 Å². The molecule has 6 nitrogen and oxygen atoms in total. The second-order valence-corrected chi connectivity index (χ2v) is 5.99. The van der Waals surface area contributed by atoms with Crippen LogP contribution in [0.5, 0.6) is 0 Å². The molecular formula is C14H19ClN2O4. The molecule has 0 saturated carbocycles. The average Bonchev–Trinajstić information content (AvgIpc) is 2.30. The van der Waals surface area contributed by atoms with E-state index >= 15 is 0 Å². The first-order chi connectivity index (χ1) is 9.58. The van der Waals surface area contributed by atoms with Crippen LogP contribution in [0, 0.1) is 0 Å². The SMILES string of the molecule is CC(C)(C)OC(=O)Nc1ccc(Cl)c(CC(N)C(=O)O)c1. The number of aliphatic carboxylic acids is 1. The first kappa shape index (κ1) is 17.3. The van der Waals surface area contributed by atoms with E-state index in [1.54, 1.807) is 39.0 Å². The summed E-state index contributed by atoms with van der Waals surface area (Å²) in [4.78, 5) is 22.4. The summed E-state index contributed by atoms with van der Waals surface area (Å²) in [5, 5.41) is 11.8. The van der Waals surface area contributed by atoms with Crippen molar-refractivity contribution >= 4 is 29.4 Å². The van der Waals surface area contributed by atoms with Gasteiger partial charge in [0.25, 0.3) is 0 Å². The number of anilines is 1. The molecule has 1 unspecified atom stereocenters. The maximum atomic E-state index is 11.7. The van der Waals surface area contributed by atoms with Gasteiger partial charge < -0.3 is 15.6 Å². The van der Waals surface area contributed by atoms with Crippen LogP contribution in [-0.2, 0) is 16.0 Å². The van der Waals surface area contributed by atoms with Crippen LogP contribution in [0.2, 0.25) is 5.02 Å². The summed E-state index contributed by atoms with van der Waals surface area (Å²) in [7, 11) is 0. The molecule has 0 fully saturated rings. The molecule has 0 saturated heterocycles. The molecule has 21 heavy (non-hydrogen) atoms. The number of nitrogens with two attached hydrogens (primary N) is 1. The number of nitrogens with one attached hydrogen (secondary N) is 1. The van der Waals surface area contributed by atoms with Crippen LogP contribution < -0.4 is 11.1 Å². The number of ether oxygens (including phenoxy) is 1. The van der Waals surface area contributed by atoms with E-state index in [2.05, 4.69) is 5.32 Å². The fraction of sp³-hybridized carbons (Fsp3) is 0.429. The smallest absolute Gasteiger partial charge is 0.412 e. The number of carboxylic acid groups (broad SMARTS) is 1. The molecule has 0 spiro atoms. The van der Waals surface area contributed by atoms with Crippen molar-refractivity contribution < 1.29 is 19.4 Å². The van der Waals surface area contributed by atoms with Gasteiger partial charge in [0.15, 0.2) is 0 Å². The molecule has 0 heterocycles. The van der Waals surface area contributed by atoms with Gasteiger partial charge in [-0.3, -0.25) is 10.1 Å². The minimum absolute atomic E-state index is 0.0675. The van der Waals surface area contributed by atoms with Gasteiger partial charge >= 0.3 is 12.1 Å². The van der Waals surface area contributed by atoms with Crippen molar-refractivity contribution in [3.63, 3.8) is 0 Å². The first-order valence-corrected chi connectivity index (χ1v) is 6.73. The highest BCUT2D eigenvalue weighted by Gasteiger charge is 2.18. The minimum Gasteiger partial charge on any atom is -0.480 e. The highest BCUT2D eigenvalue weighted by Crippen LogP contribution is 2.22. The Labute approximate surface area is 128 Å². The van der Waals surface area contributed by atoms with Crippen LogP contribution in [-0.4, -0.2) is 28.8 Å². The number of halogens is 1. The molecule has 4 N–H and O–H groups in total. The second-order valence-electron chi connectivity index (χ2n) is 5.58. The summed E-state index contributed by atoms with van der Waals surface area (Å²) in [6.45, 7) is 5.27. The minimum atomic E-state index is -1.11. The van der Waals surface area contributed by atoms with Crippen molar-refractivity contribution in [2.24, 2.45) is 5.73 Å². The zero-order valence-electron chi connectivity index (χ0n) is 12.1. The number of rotatable bonds is 4. The lowest BCUT2D eigenvalue weighted by atomic mass is 10.1. The van der Waals surface area contributed by atoms with Gasteiger partial charge in [0, 0.05) is 10.7 Å². The van der Waals surface area contributed by atoms with Crippen LogP contribution in [0.15, 0.2) is 18.2 Å². The van der Waals surface area contributed by atoms with Gasteiger partial charge in [0.05, 0.1) is 0 Å². The fourth-order valence-electron chi connectivity index (χ4n) is 1.55. The molecule has 1 aromatic carbocycles. The highest BCUT2D eigenvalue weighted by atomic mass is 35.5. The van der Waals surface area contributed by atoms with Gasteiger partial charge in [-0.1, -0.05) is 11.6 Å². The molecule has 0 aliphatic carbocycles. The molecule has 0 aromatic heterocycles. The fourth-order valence-corrected chi connectivity index (χ4v) is 1.75. The molecular weight excluding hydrogens is 296 g/mol. The van der Waals surface area contributed by atoms with Gasteiger partial charge in [-0.15, -0.1) is 0 Å². The Hall–Kier alpha value is -1.79. The quantitative estimate of drug-likeness (QED) is 0.793. The van der Waals surface area contributed by atoms with E-state index in [0.717, 1.165) is 0 Å². The van der Waals surface area contributed by atoms with Crippen molar-refractivity contribution in [2.45, 2.75) is 38.8 Å². The lowest BCUT2D eigenvalue weighted by molar-refractivity contribution is -0.138. The number of carboxylic acids is 1. The maximum absolute atomic E-state index is 11.7. The lowest BCUT2D eigenvalue weighted by Gasteiger charge is -2.20. The van der Waals surface area contributed by atoms with Crippen molar-refractivity contribution in [2.75, 3.05) is 5.32 Å². The van der Waals surface area contributed by atoms with Crippen molar-refractivity contribution in [1.29, 1.82) is 0 Å². The third kappa shape index (κ3) is 6.01.